The average molecular weight is 296 g/mol. The van der Waals surface area contributed by atoms with E-state index in [-0.39, 0.29) is 23.2 Å². The van der Waals surface area contributed by atoms with Crippen LogP contribution in [0, 0.1) is 21.3 Å². The van der Waals surface area contributed by atoms with Crippen LogP contribution in [-0.2, 0) is 11.3 Å². The standard InChI is InChI=1S/C15H21FN2O3/c1-4-21-14-8-13(15(14,2)3)17-9-10-5-11(16)7-12(6-10)18(19)20/h5-7,13-14,17H,4,8-9H2,1-3H3. The molecule has 0 radical (unpaired) electrons. The van der Waals surface area contributed by atoms with Gasteiger partial charge >= 0.3 is 0 Å². The van der Waals surface area contributed by atoms with Gasteiger partial charge in [0, 0.05) is 30.7 Å². The molecule has 1 aliphatic carbocycles. The van der Waals surface area contributed by atoms with Crippen LogP contribution in [0.2, 0.25) is 0 Å². The zero-order valence-electron chi connectivity index (χ0n) is 12.6. The van der Waals surface area contributed by atoms with Crippen molar-refractivity contribution < 1.29 is 14.1 Å². The van der Waals surface area contributed by atoms with Crippen molar-refractivity contribution in [3.05, 3.63) is 39.7 Å². The highest BCUT2D eigenvalue weighted by Gasteiger charge is 2.48. The number of nitro groups is 1. The van der Waals surface area contributed by atoms with Gasteiger partial charge in [0.2, 0.25) is 0 Å². The first kappa shape index (κ1) is 15.9. The van der Waals surface area contributed by atoms with Gasteiger partial charge in [-0.2, -0.15) is 0 Å². The number of hydrogen-bond acceptors (Lipinski definition) is 4. The van der Waals surface area contributed by atoms with Crippen molar-refractivity contribution >= 4 is 5.69 Å². The van der Waals surface area contributed by atoms with Gasteiger partial charge in [-0.25, -0.2) is 4.39 Å². The van der Waals surface area contributed by atoms with E-state index < -0.39 is 10.7 Å². The first-order chi connectivity index (χ1) is 9.84. The van der Waals surface area contributed by atoms with Gasteiger partial charge in [0.1, 0.15) is 5.82 Å². The maximum atomic E-state index is 13.4. The molecule has 1 aliphatic rings. The van der Waals surface area contributed by atoms with Crippen LogP contribution in [0.1, 0.15) is 32.8 Å². The molecular weight excluding hydrogens is 275 g/mol. The lowest BCUT2D eigenvalue weighted by atomic mass is 9.64. The van der Waals surface area contributed by atoms with E-state index in [1.54, 1.807) is 0 Å². The van der Waals surface area contributed by atoms with Gasteiger partial charge in [-0.1, -0.05) is 13.8 Å². The zero-order chi connectivity index (χ0) is 15.6. The second-order valence-electron chi connectivity index (χ2n) is 6.01. The number of nitro benzene ring substituents is 1. The molecule has 2 atom stereocenters. The lowest BCUT2D eigenvalue weighted by Crippen LogP contribution is -2.60. The summed E-state index contributed by atoms with van der Waals surface area (Å²) in [4.78, 5) is 10.2. The van der Waals surface area contributed by atoms with Crippen molar-refractivity contribution in [1.82, 2.24) is 5.32 Å². The maximum absolute atomic E-state index is 13.4. The first-order valence-electron chi connectivity index (χ1n) is 7.13. The summed E-state index contributed by atoms with van der Waals surface area (Å²) in [6.45, 7) is 7.33. The third kappa shape index (κ3) is 3.39. The number of rotatable bonds is 6. The monoisotopic (exact) mass is 296 g/mol. The van der Waals surface area contributed by atoms with Crippen LogP contribution in [0.3, 0.4) is 0 Å². The lowest BCUT2D eigenvalue weighted by molar-refractivity contribution is -0.385. The molecule has 0 heterocycles. The molecule has 0 aliphatic heterocycles. The van der Waals surface area contributed by atoms with Crippen LogP contribution < -0.4 is 5.32 Å². The van der Waals surface area contributed by atoms with E-state index in [2.05, 4.69) is 19.2 Å². The van der Waals surface area contributed by atoms with Gasteiger partial charge in [-0.05, 0) is 25.0 Å². The second kappa shape index (κ2) is 6.07. The number of ether oxygens (including phenoxy) is 1. The predicted octanol–water partition coefficient (Wildman–Crippen LogP) is 3.03. The Hall–Kier alpha value is -1.53. The number of nitrogens with one attached hydrogen (secondary N) is 1. The van der Waals surface area contributed by atoms with Crippen LogP contribution in [0.15, 0.2) is 18.2 Å². The largest absolute Gasteiger partial charge is 0.378 e. The summed E-state index contributed by atoms with van der Waals surface area (Å²) in [7, 11) is 0. The Balaban J connectivity index is 1.97. The predicted molar refractivity (Wildman–Crippen MR) is 77.5 cm³/mol. The van der Waals surface area contributed by atoms with Crippen LogP contribution in [0.4, 0.5) is 10.1 Å². The van der Waals surface area contributed by atoms with E-state index in [4.69, 9.17) is 4.74 Å². The molecule has 5 nitrogen and oxygen atoms in total. The minimum Gasteiger partial charge on any atom is -0.378 e. The minimum absolute atomic E-state index is 0.00919. The van der Waals surface area contributed by atoms with Gasteiger partial charge in [-0.3, -0.25) is 10.1 Å². The normalized spacial score (nSPS) is 23.6. The van der Waals surface area contributed by atoms with E-state index in [0.717, 1.165) is 12.5 Å². The molecular formula is C15H21FN2O3. The summed E-state index contributed by atoms with van der Waals surface area (Å²) in [5, 5.41) is 14.1. The molecule has 1 saturated carbocycles. The van der Waals surface area contributed by atoms with Crippen molar-refractivity contribution in [2.75, 3.05) is 6.61 Å². The third-order valence-corrected chi connectivity index (χ3v) is 4.25. The summed E-state index contributed by atoms with van der Waals surface area (Å²) >= 11 is 0. The quantitative estimate of drug-likeness (QED) is 0.647. The average Bonchev–Trinajstić information content (AvgIpc) is 2.41. The molecule has 2 unspecified atom stereocenters. The molecule has 0 saturated heterocycles. The first-order valence-corrected chi connectivity index (χ1v) is 7.13. The van der Waals surface area contributed by atoms with Crippen molar-refractivity contribution in [3.8, 4) is 0 Å². The van der Waals surface area contributed by atoms with E-state index in [9.17, 15) is 14.5 Å². The van der Waals surface area contributed by atoms with Crippen LogP contribution in [-0.4, -0.2) is 23.7 Å². The fraction of sp³-hybridized carbons (Fsp3) is 0.600. The third-order valence-electron chi connectivity index (χ3n) is 4.25. The van der Waals surface area contributed by atoms with Gasteiger partial charge in [-0.15, -0.1) is 0 Å². The smallest absolute Gasteiger partial charge is 0.272 e. The lowest BCUT2D eigenvalue weighted by Gasteiger charge is -2.52. The van der Waals surface area contributed by atoms with E-state index in [0.29, 0.717) is 18.7 Å². The molecule has 1 N–H and O–H groups in total. The summed E-state index contributed by atoms with van der Waals surface area (Å²) in [5.41, 5.74) is 0.374. The Bertz CT molecular complexity index is 534. The molecule has 2 rings (SSSR count). The Labute approximate surface area is 123 Å². The number of halogens is 1. The molecule has 116 valence electrons. The summed E-state index contributed by atoms with van der Waals surface area (Å²) in [5.74, 6) is -0.582. The van der Waals surface area contributed by atoms with Crippen molar-refractivity contribution in [2.45, 2.75) is 45.9 Å². The number of benzene rings is 1. The van der Waals surface area contributed by atoms with Crippen molar-refractivity contribution in [1.29, 1.82) is 0 Å². The highest BCUT2D eigenvalue weighted by atomic mass is 19.1. The summed E-state index contributed by atoms with van der Waals surface area (Å²) in [6, 6.07) is 3.92. The van der Waals surface area contributed by atoms with E-state index in [1.807, 2.05) is 6.92 Å². The summed E-state index contributed by atoms with van der Waals surface area (Å²) in [6.07, 6.45) is 1.12. The van der Waals surface area contributed by atoms with Crippen molar-refractivity contribution in [2.24, 2.45) is 5.41 Å². The Morgan fingerprint density at radius 1 is 1.48 bits per heavy atom. The maximum Gasteiger partial charge on any atom is 0.272 e. The highest BCUT2D eigenvalue weighted by Crippen LogP contribution is 2.42. The second-order valence-corrected chi connectivity index (χ2v) is 6.01. The van der Waals surface area contributed by atoms with Gasteiger partial charge in [0.05, 0.1) is 17.1 Å². The van der Waals surface area contributed by atoms with Crippen LogP contribution in [0.25, 0.3) is 0 Å². The summed E-state index contributed by atoms with van der Waals surface area (Å²) < 4.78 is 19.0. The zero-order valence-corrected chi connectivity index (χ0v) is 12.6. The molecule has 0 aromatic heterocycles. The number of non-ortho nitro benzene ring substituents is 1. The topological polar surface area (TPSA) is 64.4 Å². The van der Waals surface area contributed by atoms with E-state index >= 15 is 0 Å². The van der Waals surface area contributed by atoms with Gasteiger partial charge in [0.15, 0.2) is 0 Å². The number of hydrogen-bond donors (Lipinski definition) is 1. The fourth-order valence-corrected chi connectivity index (χ4v) is 2.80. The Kier molecular flexibility index (Phi) is 4.58. The molecule has 1 aromatic carbocycles. The molecule has 0 bridgehead atoms. The molecule has 21 heavy (non-hydrogen) atoms. The number of nitrogens with zero attached hydrogens (tertiary/aromatic N) is 1. The molecule has 1 fully saturated rings. The molecule has 0 amide bonds. The Morgan fingerprint density at radius 3 is 2.76 bits per heavy atom. The minimum atomic E-state index is -0.582. The van der Waals surface area contributed by atoms with E-state index in [1.165, 1.54) is 12.1 Å². The van der Waals surface area contributed by atoms with Crippen LogP contribution >= 0.6 is 0 Å². The molecule has 1 aromatic rings. The molecule has 6 heteroatoms. The Morgan fingerprint density at radius 2 is 2.19 bits per heavy atom. The fourth-order valence-electron chi connectivity index (χ4n) is 2.80. The molecule has 0 spiro atoms. The highest BCUT2D eigenvalue weighted by molar-refractivity contribution is 5.35. The SMILES string of the molecule is CCOC1CC(NCc2cc(F)cc([N+](=O)[O-])c2)C1(C)C. The van der Waals surface area contributed by atoms with Crippen LogP contribution in [0.5, 0.6) is 0 Å². The van der Waals surface area contributed by atoms with Gasteiger partial charge in [0.25, 0.3) is 5.69 Å². The van der Waals surface area contributed by atoms with Crippen molar-refractivity contribution in [3.63, 3.8) is 0 Å². The van der Waals surface area contributed by atoms with Gasteiger partial charge < -0.3 is 10.1 Å².